The van der Waals surface area contributed by atoms with Crippen LogP contribution in [-0.2, 0) is 10.3 Å². The number of nitrogen functional groups attached to an aromatic ring is 1. The number of ether oxygens (including phenoxy) is 1. The fourth-order valence-electron chi connectivity index (χ4n) is 7.31. The Morgan fingerprint density at radius 1 is 1.07 bits per heavy atom. The zero-order valence-corrected chi connectivity index (χ0v) is 24.1. The van der Waals surface area contributed by atoms with E-state index < -0.39 is 11.7 Å². The van der Waals surface area contributed by atoms with Crippen LogP contribution in [0.1, 0.15) is 81.0 Å². The molecule has 2 saturated heterocycles. The zero-order chi connectivity index (χ0) is 28.2. The number of pyridine rings is 1. The van der Waals surface area contributed by atoms with Gasteiger partial charge in [0.15, 0.2) is 5.82 Å². The van der Waals surface area contributed by atoms with E-state index in [1.807, 2.05) is 6.07 Å². The summed E-state index contributed by atoms with van der Waals surface area (Å²) < 4.78 is 23.2. The van der Waals surface area contributed by atoms with Crippen LogP contribution < -0.4 is 21.3 Å². The third kappa shape index (κ3) is 5.75. The van der Waals surface area contributed by atoms with E-state index in [4.69, 9.17) is 10.5 Å². The molecular weight excluding hydrogens is 523 g/mol. The number of amides is 1. The number of alkyl halides is 1. The van der Waals surface area contributed by atoms with Crippen molar-refractivity contribution in [3.63, 3.8) is 0 Å². The summed E-state index contributed by atoms with van der Waals surface area (Å²) in [4.78, 5) is 22.9. The number of fused-ring (bicyclic) bond motifs is 2. The van der Waals surface area contributed by atoms with Crippen molar-refractivity contribution in [2.75, 3.05) is 67.2 Å². The molecule has 41 heavy (non-hydrogen) atoms. The fraction of sp³-hybridized carbons (Fsp3) is 0.700. The quantitative estimate of drug-likeness (QED) is 0.498. The van der Waals surface area contributed by atoms with Gasteiger partial charge in [-0.3, -0.25) is 14.7 Å². The molecule has 224 valence electrons. The predicted octanol–water partition coefficient (Wildman–Crippen LogP) is 4.40. The first-order valence-electron chi connectivity index (χ1n) is 15.7. The van der Waals surface area contributed by atoms with Gasteiger partial charge in [-0.1, -0.05) is 51.4 Å². The predicted molar refractivity (Wildman–Crippen MR) is 159 cm³/mol. The van der Waals surface area contributed by atoms with Gasteiger partial charge in [-0.05, 0) is 25.3 Å². The van der Waals surface area contributed by atoms with E-state index in [9.17, 15) is 4.79 Å². The second kappa shape index (κ2) is 12.5. The number of hydrogen-bond acceptors (Lipinski definition) is 8. The summed E-state index contributed by atoms with van der Waals surface area (Å²) in [6, 6.07) is 2.45. The smallest absolute Gasteiger partial charge is 0.263 e. The number of halogens is 1. The summed E-state index contributed by atoms with van der Waals surface area (Å²) in [6.45, 7) is 5.42. The van der Waals surface area contributed by atoms with E-state index >= 15 is 4.39 Å². The second-order valence-electron chi connectivity index (χ2n) is 12.2. The lowest BCUT2D eigenvalue weighted by atomic mass is 9.81. The molecule has 0 aromatic carbocycles. The van der Waals surface area contributed by atoms with E-state index in [1.165, 1.54) is 25.7 Å². The zero-order valence-electron chi connectivity index (χ0n) is 24.1. The number of carbonyl (C=O) groups excluding carboxylic acids is 1. The first-order chi connectivity index (χ1) is 20.1. The molecule has 3 fully saturated rings. The van der Waals surface area contributed by atoms with Gasteiger partial charge in [-0.2, -0.15) is 5.10 Å². The van der Waals surface area contributed by atoms with Gasteiger partial charge < -0.3 is 26.0 Å². The van der Waals surface area contributed by atoms with E-state index in [2.05, 4.69) is 30.5 Å². The van der Waals surface area contributed by atoms with Crippen LogP contribution >= 0.6 is 0 Å². The number of aromatic nitrogens is 3. The highest BCUT2D eigenvalue weighted by Gasteiger charge is 2.47. The first-order valence-corrected chi connectivity index (χ1v) is 15.7. The summed E-state index contributed by atoms with van der Waals surface area (Å²) in [5, 5.41) is 10.9. The first kappa shape index (κ1) is 28.2. The van der Waals surface area contributed by atoms with Crippen molar-refractivity contribution in [3.05, 3.63) is 24.0 Å². The normalized spacial score (nSPS) is 25.7. The van der Waals surface area contributed by atoms with Crippen LogP contribution in [0.5, 0.6) is 0 Å². The van der Waals surface area contributed by atoms with Gasteiger partial charge in [0.25, 0.3) is 5.91 Å². The van der Waals surface area contributed by atoms with Crippen LogP contribution in [0.2, 0.25) is 0 Å². The highest BCUT2D eigenvalue weighted by atomic mass is 19.1. The maximum atomic E-state index is 15.8. The molecule has 1 aliphatic carbocycles. The van der Waals surface area contributed by atoms with Crippen LogP contribution in [-0.4, -0.2) is 83.7 Å². The Morgan fingerprint density at radius 2 is 1.78 bits per heavy atom. The van der Waals surface area contributed by atoms with Crippen molar-refractivity contribution in [2.24, 2.45) is 0 Å². The molecule has 0 bridgehead atoms. The molecule has 2 aromatic rings. The Labute approximate surface area is 242 Å². The fourth-order valence-corrected chi connectivity index (χ4v) is 7.31. The minimum atomic E-state index is -1.09. The molecule has 0 radical (unpaired) electrons. The minimum absolute atomic E-state index is 0.130. The Hall–Kier alpha value is -2.92. The van der Waals surface area contributed by atoms with E-state index in [1.54, 1.807) is 17.1 Å². The van der Waals surface area contributed by atoms with E-state index in [0.29, 0.717) is 30.4 Å². The van der Waals surface area contributed by atoms with Crippen molar-refractivity contribution in [2.45, 2.75) is 88.4 Å². The molecule has 6 rings (SSSR count). The number of hydrogen-bond donors (Lipinski definition) is 3. The van der Waals surface area contributed by atoms with Crippen molar-refractivity contribution < 1.29 is 13.9 Å². The number of nitrogens with zero attached hydrogens (tertiary/aromatic N) is 5. The third-order valence-electron chi connectivity index (χ3n) is 9.69. The van der Waals surface area contributed by atoms with Crippen molar-refractivity contribution >= 4 is 28.9 Å². The van der Waals surface area contributed by atoms with Crippen molar-refractivity contribution in [1.82, 2.24) is 19.7 Å². The average molecular weight is 569 g/mol. The maximum Gasteiger partial charge on any atom is 0.263 e. The monoisotopic (exact) mass is 568 g/mol. The molecule has 4 aliphatic rings. The van der Waals surface area contributed by atoms with Gasteiger partial charge in [0.2, 0.25) is 0 Å². The van der Waals surface area contributed by atoms with Gasteiger partial charge in [0.1, 0.15) is 17.6 Å². The molecular formula is C30H45FN8O2. The minimum Gasteiger partial charge on any atom is -0.381 e. The van der Waals surface area contributed by atoms with Gasteiger partial charge in [-0.15, -0.1) is 0 Å². The highest BCUT2D eigenvalue weighted by Crippen LogP contribution is 2.43. The molecule has 5 heterocycles. The Balaban J connectivity index is 1.22. The molecule has 1 saturated carbocycles. The SMILES string of the molecule is Nc1nn2c(c1C(=O)Nc1cnccc1N1CCN([C@@H]3CCOC3)CC1)NCC(F)C21CCCCCCCCCC1. The van der Waals surface area contributed by atoms with Gasteiger partial charge >= 0.3 is 0 Å². The Bertz CT molecular complexity index is 1180. The summed E-state index contributed by atoms with van der Waals surface area (Å²) in [5.74, 6) is 0.309. The molecule has 1 amide bonds. The Kier molecular flexibility index (Phi) is 8.62. The number of nitrogens with one attached hydrogen (secondary N) is 2. The number of rotatable bonds is 4. The van der Waals surface area contributed by atoms with Crippen LogP contribution in [0, 0.1) is 0 Å². The van der Waals surface area contributed by atoms with Gasteiger partial charge in [0, 0.05) is 51.6 Å². The van der Waals surface area contributed by atoms with E-state index in [-0.39, 0.29) is 23.8 Å². The highest BCUT2D eigenvalue weighted by molar-refractivity contribution is 6.12. The molecule has 4 N–H and O–H groups in total. The standard InChI is InChI=1S/C30H45FN8O2/c31-25-20-34-28-26(27(32)36-39(28)30(25)11-7-5-3-1-2-4-6-8-12-30)29(40)35-23-19-33-13-9-24(23)38-16-14-37(15-17-38)22-10-18-41-21-22/h9,13,19,22,25,34H,1-8,10-12,14-18,20-21H2,(H2,32,36)(H,35,40)/t22-,25?/m1/s1. The van der Waals surface area contributed by atoms with Crippen LogP contribution in [0.25, 0.3) is 0 Å². The lowest BCUT2D eigenvalue weighted by Gasteiger charge is -2.42. The summed E-state index contributed by atoms with van der Waals surface area (Å²) in [7, 11) is 0. The number of carbonyl (C=O) groups is 1. The number of anilines is 4. The lowest BCUT2D eigenvalue weighted by molar-refractivity contribution is 0.0738. The summed E-state index contributed by atoms with van der Waals surface area (Å²) in [5.41, 5.74) is 7.50. The molecule has 2 aromatic heterocycles. The Morgan fingerprint density at radius 3 is 2.46 bits per heavy atom. The molecule has 10 nitrogen and oxygen atoms in total. The molecule has 11 heteroatoms. The van der Waals surface area contributed by atoms with Gasteiger partial charge in [-0.25, -0.2) is 9.07 Å². The van der Waals surface area contributed by atoms with Crippen LogP contribution in [0.4, 0.5) is 27.4 Å². The van der Waals surface area contributed by atoms with Crippen molar-refractivity contribution in [1.29, 1.82) is 0 Å². The maximum absolute atomic E-state index is 15.8. The van der Waals surface area contributed by atoms with Crippen LogP contribution in [0.3, 0.4) is 0 Å². The van der Waals surface area contributed by atoms with E-state index in [0.717, 1.165) is 77.2 Å². The summed E-state index contributed by atoms with van der Waals surface area (Å²) in [6.07, 6.45) is 13.8. The average Bonchev–Trinajstić information content (AvgIpc) is 3.63. The topological polar surface area (TPSA) is 114 Å². The number of piperazine rings is 1. The lowest BCUT2D eigenvalue weighted by Crippen LogP contribution is -2.51. The summed E-state index contributed by atoms with van der Waals surface area (Å²) >= 11 is 0. The molecule has 3 aliphatic heterocycles. The second-order valence-corrected chi connectivity index (χ2v) is 12.2. The van der Waals surface area contributed by atoms with Crippen molar-refractivity contribution in [3.8, 4) is 0 Å². The molecule has 1 spiro atoms. The van der Waals surface area contributed by atoms with Gasteiger partial charge in [0.05, 0.1) is 29.7 Å². The largest absolute Gasteiger partial charge is 0.381 e. The number of nitrogens with two attached hydrogens (primary N) is 1. The van der Waals surface area contributed by atoms with Crippen LogP contribution in [0.15, 0.2) is 18.5 Å². The third-order valence-corrected chi connectivity index (χ3v) is 9.69. The molecule has 2 atom stereocenters. The molecule has 1 unspecified atom stereocenters.